The largest absolute Gasteiger partial charge is 0.399 e. The van der Waals surface area contributed by atoms with E-state index in [0.29, 0.717) is 11.2 Å². The fourth-order valence-electron chi connectivity index (χ4n) is 1.83. The van der Waals surface area contributed by atoms with Crippen molar-refractivity contribution < 1.29 is 8.78 Å². The molecule has 0 fully saturated rings. The SMILES string of the molecule is Nc1ccc2[nH]c(-c3cc(F)ccc3F)nc2c1. The summed E-state index contributed by atoms with van der Waals surface area (Å²) in [4.78, 5) is 7.14. The van der Waals surface area contributed by atoms with E-state index >= 15 is 0 Å². The van der Waals surface area contributed by atoms with Gasteiger partial charge in [0, 0.05) is 5.69 Å². The van der Waals surface area contributed by atoms with Crippen molar-refractivity contribution in [1.29, 1.82) is 0 Å². The molecule has 3 N–H and O–H groups in total. The van der Waals surface area contributed by atoms with Crippen LogP contribution in [-0.4, -0.2) is 9.97 Å². The van der Waals surface area contributed by atoms with E-state index < -0.39 is 11.6 Å². The molecule has 0 saturated carbocycles. The van der Waals surface area contributed by atoms with Crippen molar-refractivity contribution in [1.82, 2.24) is 9.97 Å². The molecule has 3 nitrogen and oxygen atoms in total. The fraction of sp³-hybridized carbons (Fsp3) is 0. The van der Waals surface area contributed by atoms with Gasteiger partial charge in [-0.05, 0) is 36.4 Å². The summed E-state index contributed by atoms with van der Waals surface area (Å²) < 4.78 is 26.7. The summed E-state index contributed by atoms with van der Waals surface area (Å²) in [6, 6.07) is 8.39. The van der Waals surface area contributed by atoms with Crippen LogP contribution in [0, 0.1) is 11.6 Å². The van der Waals surface area contributed by atoms with Crippen LogP contribution in [0.3, 0.4) is 0 Å². The number of fused-ring (bicyclic) bond motifs is 1. The molecular formula is C13H9F2N3. The van der Waals surface area contributed by atoms with Gasteiger partial charge in [0.15, 0.2) is 0 Å². The van der Waals surface area contributed by atoms with Crippen molar-refractivity contribution in [2.75, 3.05) is 5.73 Å². The van der Waals surface area contributed by atoms with E-state index in [0.717, 1.165) is 23.7 Å². The van der Waals surface area contributed by atoms with Gasteiger partial charge in [0.05, 0.1) is 16.6 Å². The summed E-state index contributed by atoms with van der Waals surface area (Å²) in [7, 11) is 0. The van der Waals surface area contributed by atoms with Crippen molar-refractivity contribution in [3.8, 4) is 11.4 Å². The summed E-state index contributed by atoms with van der Waals surface area (Å²) in [5.41, 5.74) is 7.65. The van der Waals surface area contributed by atoms with E-state index in [4.69, 9.17) is 5.73 Å². The zero-order valence-electron chi connectivity index (χ0n) is 9.24. The predicted octanol–water partition coefficient (Wildman–Crippen LogP) is 3.09. The van der Waals surface area contributed by atoms with Crippen molar-refractivity contribution >= 4 is 16.7 Å². The lowest BCUT2D eigenvalue weighted by Crippen LogP contribution is -1.87. The Bertz CT molecular complexity index is 734. The molecule has 0 unspecified atom stereocenters. The number of benzene rings is 2. The molecule has 18 heavy (non-hydrogen) atoms. The van der Waals surface area contributed by atoms with Gasteiger partial charge in [-0.1, -0.05) is 0 Å². The molecule has 1 heterocycles. The first-order valence-corrected chi connectivity index (χ1v) is 5.34. The van der Waals surface area contributed by atoms with Crippen LogP contribution in [0.4, 0.5) is 14.5 Å². The van der Waals surface area contributed by atoms with Crippen molar-refractivity contribution in [3.05, 3.63) is 48.0 Å². The molecule has 0 atom stereocenters. The van der Waals surface area contributed by atoms with Crippen LogP contribution in [-0.2, 0) is 0 Å². The highest BCUT2D eigenvalue weighted by Gasteiger charge is 2.11. The minimum absolute atomic E-state index is 0.102. The molecule has 90 valence electrons. The number of nitrogens with two attached hydrogens (primary N) is 1. The second-order valence-electron chi connectivity index (χ2n) is 3.99. The molecule has 0 aliphatic heterocycles. The number of nitrogens with one attached hydrogen (secondary N) is 1. The van der Waals surface area contributed by atoms with Crippen LogP contribution < -0.4 is 5.73 Å². The van der Waals surface area contributed by atoms with Gasteiger partial charge < -0.3 is 10.7 Å². The first-order chi connectivity index (χ1) is 8.63. The van der Waals surface area contributed by atoms with Crippen molar-refractivity contribution in [2.45, 2.75) is 0 Å². The highest BCUT2D eigenvalue weighted by molar-refractivity contribution is 5.82. The molecule has 0 amide bonds. The van der Waals surface area contributed by atoms with Gasteiger partial charge in [-0.2, -0.15) is 0 Å². The number of nitrogen functional groups attached to an aromatic ring is 1. The minimum Gasteiger partial charge on any atom is -0.399 e. The van der Waals surface area contributed by atoms with Crippen LogP contribution in [0.2, 0.25) is 0 Å². The highest BCUT2D eigenvalue weighted by atomic mass is 19.1. The number of halogens is 2. The number of H-pyrrole nitrogens is 1. The van der Waals surface area contributed by atoms with Crippen LogP contribution in [0.25, 0.3) is 22.4 Å². The van der Waals surface area contributed by atoms with Crippen LogP contribution in [0.5, 0.6) is 0 Å². The molecule has 3 rings (SSSR count). The smallest absolute Gasteiger partial charge is 0.141 e. The molecular weight excluding hydrogens is 236 g/mol. The maximum absolute atomic E-state index is 13.6. The third kappa shape index (κ3) is 1.69. The molecule has 0 spiro atoms. The number of imidazole rings is 1. The van der Waals surface area contributed by atoms with E-state index in [9.17, 15) is 8.78 Å². The van der Waals surface area contributed by atoms with E-state index in [1.165, 1.54) is 0 Å². The number of aromatic amines is 1. The molecule has 0 radical (unpaired) electrons. The third-order valence-corrected chi connectivity index (χ3v) is 2.69. The van der Waals surface area contributed by atoms with Gasteiger partial charge in [-0.25, -0.2) is 13.8 Å². The third-order valence-electron chi connectivity index (χ3n) is 2.69. The second kappa shape index (κ2) is 3.80. The Morgan fingerprint density at radius 1 is 1.06 bits per heavy atom. The summed E-state index contributed by atoms with van der Waals surface area (Å²) >= 11 is 0. The lowest BCUT2D eigenvalue weighted by Gasteiger charge is -1.98. The van der Waals surface area contributed by atoms with E-state index in [-0.39, 0.29) is 11.4 Å². The second-order valence-corrected chi connectivity index (χ2v) is 3.99. The minimum atomic E-state index is -0.525. The molecule has 0 aliphatic carbocycles. The number of hydrogen-bond donors (Lipinski definition) is 2. The van der Waals surface area contributed by atoms with Gasteiger partial charge >= 0.3 is 0 Å². The number of hydrogen-bond acceptors (Lipinski definition) is 2. The average Bonchev–Trinajstić information content (AvgIpc) is 2.74. The van der Waals surface area contributed by atoms with Crippen LogP contribution in [0.15, 0.2) is 36.4 Å². The lowest BCUT2D eigenvalue weighted by molar-refractivity contribution is 0.602. The standard InChI is InChI=1S/C13H9F2N3/c14-7-1-3-10(15)9(5-7)13-17-11-4-2-8(16)6-12(11)18-13/h1-6H,16H2,(H,17,18). The Kier molecular flexibility index (Phi) is 2.26. The fourth-order valence-corrected chi connectivity index (χ4v) is 1.83. The first-order valence-electron chi connectivity index (χ1n) is 5.34. The summed E-state index contributed by atoms with van der Waals surface area (Å²) in [6.45, 7) is 0. The Balaban J connectivity index is 2.22. The normalized spacial score (nSPS) is 11.0. The zero-order chi connectivity index (χ0) is 12.7. The first kappa shape index (κ1) is 10.7. The average molecular weight is 245 g/mol. The maximum atomic E-state index is 13.6. The maximum Gasteiger partial charge on any atom is 0.141 e. The topological polar surface area (TPSA) is 54.7 Å². The molecule has 0 bridgehead atoms. The molecule has 0 aliphatic rings. The Labute approximate surface area is 101 Å². The Hall–Kier alpha value is -2.43. The van der Waals surface area contributed by atoms with E-state index in [1.54, 1.807) is 18.2 Å². The quantitative estimate of drug-likeness (QED) is 0.647. The Morgan fingerprint density at radius 3 is 2.72 bits per heavy atom. The van der Waals surface area contributed by atoms with Gasteiger partial charge in [-0.15, -0.1) is 0 Å². The zero-order valence-corrected chi connectivity index (χ0v) is 9.24. The number of aromatic nitrogens is 2. The molecule has 3 aromatic rings. The highest BCUT2D eigenvalue weighted by Crippen LogP contribution is 2.24. The predicted molar refractivity (Wildman–Crippen MR) is 65.9 cm³/mol. The van der Waals surface area contributed by atoms with Crippen molar-refractivity contribution in [3.63, 3.8) is 0 Å². The molecule has 5 heteroatoms. The van der Waals surface area contributed by atoms with Gasteiger partial charge in [0.1, 0.15) is 17.5 Å². The van der Waals surface area contributed by atoms with Gasteiger partial charge in [0.25, 0.3) is 0 Å². The van der Waals surface area contributed by atoms with Crippen LogP contribution >= 0.6 is 0 Å². The lowest BCUT2D eigenvalue weighted by atomic mass is 10.2. The number of nitrogens with zero attached hydrogens (tertiary/aromatic N) is 1. The molecule has 0 saturated heterocycles. The van der Waals surface area contributed by atoms with Gasteiger partial charge in [0.2, 0.25) is 0 Å². The molecule has 2 aromatic carbocycles. The molecule has 1 aromatic heterocycles. The van der Waals surface area contributed by atoms with E-state index in [2.05, 4.69) is 9.97 Å². The summed E-state index contributed by atoms with van der Waals surface area (Å²) in [5.74, 6) is -0.748. The van der Waals surface area contributed by atoms with E-state index in [1.807, 2.05) is 0 Å². The monoisotopic (exact) mass is 245 g/mol. The Morgan fingerprint density at radius 2 is 1.89 bits per heavy atom. The summed E-state index contributed by atoms with van der Waals surface area (Å²) in [5, 5.41) is 0. The van der Waals surface area contributed by atoms with Gasteiger partial charge in [-0.3, -0.25) is 0 Å². The van der Waals surface area contributed by atoms with Crippen LogP contribution in [0.1, 0.15) is 0 Å². The number of anilines is 1. The van der Waals surface area contributed by atoms with Crippen molar-refractivity contribution in [2.24, 2.45) is 0 Å². The number of rotatable bonds is 1. The summed E-state index contributed by atoms with van der Waals surface area (Å²) in [6.07, 6.45) is 0.